The zero-order valence-corrected chi connectivity index (χ0v) is 24.8. The number of phosphoric ester groups is 2. The highest BCUT2D eigenvalue weighted by Gasteiger charge is 2.54. The molecule has 7 rings (SSSR count). The number of aliphatic hydroxyl groups is 1. The molecule has 0 amide bonds. The van der Waals surface area contributed by atoms with Crippen molar-refractivity contribution < 1.29 is 56.0 Å². The molecule has 0 aliphatic carbocycles. The van der Waals surface area contributed by atoms with Gasteiger partial charge in [0.15, 0.2) is 41.6 Å². The van der Waals surface area contributed by atoms with Gasteiger partial charge < -0.3 is 41.2 Å². The molecule has 7 heterocycles. The molecule has 3 aromatic rings. The molecule has 46 heavy (non-hydrogen) atoms. The molecule has 4 aliphatic heterocycles. The minimum atomic E-state index is -5.19. The molecule has 4 aliphatic rings. The van der Waals surface area contributed by atoms with E-state index in [4.69, 9.17) is 39.0 Å². The van der Waals surface area contributed by atoms with Gasteiger partial charge in [-0.1, -0.05) is 6.58 Å². The quantitative estimate of drug-likeness (QED) is 0.153. The largest absolute Gasteiger partial charge is 0.472 e. The number of guanidine groups is 1. The van der Waals surface area contributed by atoms with Crippen LogP contribution in [0.15, 0.2) is 29.0 Å². The Morgan fingerprint density at radius 3 is 2.39 bits per heavy atom. The Labute approximate surface area is 255 Å². The van der Waals surface area contributed by atoms with E-state index in [9.17, 15) is 28.8 Å². The Balaban J connectivity index is 1.20. The molecule has 0 radical (unpaired) electrons. The number of aliphatic imine (C=N–C) groups is 1. The number of phosphoric acid groups is 2. The van der Waals surface area contributed by atoms with Crippen molar-refractivity contribution in [1.29, 1.82) is 0 Å². The van der Waals surface area contributed by atoms with Crippen molar-refractivity contribution in [2.75, 3.05) is 18.9 Å². The highest BCUT2D eigenvalue weighted by atomic mass is 31.2. The van der Waals surface area contributed by atoms with Gasteiger partial charge in [0, 0.05) is 0 Å². The smallest absolute Gasteiger partial charge is 0.386 e. The SMILES string of the molecule is C=C1NC(N)=Nc2c1ncn2[C@@H]1O[C@@H]2COP(=O)(O)O[C@H]3C(O)[C@H](n4cnc5c(=O)[nH]c(N)nc54)O[C@@H]3COP(=O)(O)O[C@@H]1C2F. The van der Waals surface area contributed by atoms with Crippen LogP contribution in [0, 0.1) is 0 Å². The first-order chi connectivity index (χ1) is 21.7. The number of hydrogen-bond donors (Lipinski definition) is 7. The molecule has 4 unspecified atom stereocenters. The second-order valence-electron chi connectivity index (χ2n) is 10.4. The zero-order chi connectivity index (χ0) is 32.7. The maximum Gasteiger partial charge on any atom is 0.472 e. The van der Waals surface area contributed by atoms with E-state index in [-0.39, 0.29) is 40.3 Å². The van der Waals surface area contributed by atoms with Gasteiger partial charge in [-0.3, -0.25) is 37.0 Å². The number of aromatic nitrogens is 6. The number of nitrogen functional groups attached to an aromatic ring is 1. The molecular formula is C21H25FN10O12P2. The van der Waals surface area contributed by atoms with Crippen molar-refractivity contribution in [3.05, 3.63) is 35.3 Å². The third kappa shape index (κ3) is 5.34. The van der Waals surface area contributed by atoms with Gasteiger partial charge in [-0.2, -0.15) is 9.98 Å². The number of hydrogen-bond acceptors (Lipinski definition) is 17. The minimum Gasteiger partial charge on any atom is -0.386 e. The molecule has 3 aromatic heterocycles. The van der Waals surface area contributed by atoms with Crippen LogP contribution in [0.3, 0.4) is 0 Å². The van der Waals surface area contributed by atoms with E-state index >= 15 is 4.39 Å². The van der Waals surface area contributed by atoms with Crippen molar-refractivity contribution in [1.82, 2.24) is 34.4 Å². The number of nitrogens with two attached hydrogens (primary N) is 2. The number of alkyl halides is 1. The number of anilines is 1. The summed E-state index contributed by atoms with van der Waals surface area (Å²) in [6, 6.07) is 0. The van der Waals surface area contributed by atoms with Gasteiger partial charge in [0.1, 0.15) is 36.2 Å². The molecule has 0 spiro atoms. The first-order valence-electron chi connectivity index (χ1n) is 13.3. The molecule has 248 valence electrons. The van der Waals surface area contributed by atoms with Gasteiger partial charge in [-0.15, -0.1) is 0 Å². The summed E-state index contributed by atoms with van der Waals surface area (Å²) in [6.07, 6.45) is -11.7. The molecule has 0 aromatic carbocycles. The third-order valence-electron chi connectivity index (χ3n) is 7.45. The monoisotopic (exact) mass is 690 g/mol. The molecule has 9 N–H and O–H groups in total. The summed E-state index contributed by atoms with van der Waals surface area (Å²) in [5.41, 5.74) is 10.9. The summed E-state index contributed by atoms with van der Waals surface area (Å²) in [7, 11) is -10.3. The zero-order valence-electron chi connectivity index (χ0n) is 23.0. The fourth-order valence-corrected chi connectivity index (χ4v) is 7.32. The predicted octanol–water partition coefficient (Wildman–Crippen LogP) is -1.37. The summed E-state index contributed by atoms with van der Waals surface area (Å²) in [4.78, 5) is 51.9. The molecule has 10 atom stereocenters. The number of aromatic amines is 1. The van der Waals surface area contributed by atoms with Crippen molar-refractivity contribution >= 4 is 50.2 Å². The number of H-pyrrole nitrogens is 1. The molecule has 3 saturated heterocycles. The van der Waals surface area contributed by atoms with Gasteiger partial charge in [-0.05, 0) is 0 Å². The van der Waals surface area contributed by atoms with Crippen LogP contribution in [-0.4, -0.2) is 99.8 Å². The van der Waals surface area contributed by atoms with Crippen molar-refractivity contribution in [3.63, 3.8) is 0 Å². The van der Waals surface area contributed by atoms with Crippen molar-refractivity contribution in [3.8, 4) is 0 Å². The van der Waals surface area contributed by atoms with E-state index in [1.165, 1.54) is 10.9 Å². The van der Waals surface area contributed by atoms with Crippen LogP contribution in [0.4, 0.5) is 16.2 Å². The van der Waals surface area contributed by atoms with E-state index in [2.05, 4.69) is 36.8 Å². The van der Waals surface area contributed by atoms with E-state index in [0.29, 0.717) is 0 Å². The van der Waals surface area contributed by atoms with Crippen LogP contribution < -0.4 is 22.3 Å². The maximum absolute atomic E-state index is 15.8. The number of nitrogens with one attached hydrogen (secondary N) is 2. The fraction of sp³-hybridized carbons (Fsp3) is 0.476. The van der Waals surface area contributed by atoms with Gasteiger partial charge in [-0.25, -0.2) is 23.5 Å². The van der Waals surface area contributed by atoms with E-state index in [1.54, 1.807) is 0 Å². The lowest BCUT2D eigenvalue weighted by molar-refractivity contribution is -0.0675. The van der Waals surface area contributed by atoms with E-state index in [0.717, 1.165) is 10.9 Å². The number of nitrogens with zero attached hydrogens (tertiary/aromatic N) is 6. The summed E-state index contributed by atoms with van der Waals surface area (Å²) in [5, 5.41) is 13.8. The Morgan fingerprint density at radius 2 is 1.65 bits per heavy atom. The van der Waals surface area contributed by atoms with E-state index in [1.807, 2.05) is 0 Å². The standard InChI is InChI=1S/C21H25FN10O12P2/c1-6-10-15(28-20(23)27-6)32(4-25-10)19-14-9(22)7(41-19)2-39-45(35,36)43-13-8(3-40-46(37,38)44-14)42-18(12(13)33)31-5-26-11-16(31)29-21(24)30-17(11)34/h4-5,7-9,12-14,18-19,33H,1-3H2,(H,35,36)(H,37,38)(H3,23,27,28)(H3,24,29,30,34)/t7-,8-,9?,12?,13-,14-,18-,19-/m1/s1. The molecule has 0 saturated carbocycles. The highest BCUT2D eigenvalue weighted by Crippen LogP contribution is 2.54. The fourth-order valence-electron chi connectivity index (χ4n) is 5.43. The highest BCUT2D eigenvalue weighted by molar-refractivity contribution is 7.47. The number of aliphatic hydroxyl groups excluding tert-OH is 1. The lowest BCUT2D eigenvalue weighted by atomic mass is 10.1. The Bertz CT molecular complexity index is 1920. The number of halogens is 1. The molecular weight excluding hydrogens is 665 g/mol. The predicted molar refractivity (Wildman–Crippen MR) is 148 cm³/mol. The van der Waals surface area contributed by atoms with Crippen LogP contribution >= 0.6 is 15.6 Å². The van der Waals surface area contributed by atoms with Crippen molar-refractivity contribution in [2.24, 2.45) is 10.7 Å². The first-order valence-corrected chi connectivity index (χ1v) is 16.2. The first kappa shape index (κ1) is 31.0. The summed E-state index contributed by atoms with van der Waals surface area (Å²) >= 11 is 0. The van der Waals surface area contributed by atoms with Crippen LogP contribution in [-0.2, 0) is 36.7 Å². The average molecular weight is 690 g/mol. The lowest BCUT2D eigenvalue weighted by Crippen LogP contribution is -2.36. The number of fused-ring (bicyclic) bond motifs is 5. The molecule has 2 bridgehead atoms. The van der Waals surface area contributed by atoms with E-state index < -0.39 is 83.6 Å². The third-order valence-corrected chi connectivity index (χ3v) is 9.42. The van der Waals surface area contributed by atoms with Crippen molar-refractivity contribution in [2.45, 2.75) is 49.1 Å². The second-order valence-corrected chi connectivity index (χ2v) is 13.2. The van der Waals surface area contributed by atoms with Crippen LogP contribution in [0.1, 0.15) is 18.1 Å². The molecule has 25 heteroatoms. The van der Waals surface area contributed by atoms with Gasteiger partial charge >= 0.3 is 15.6 Å². The number of imidazole rings is 2. The Morgan fingerprint density at radius 1 is 1.00 bits per heavy atom. The average Bonchev–Trinajstić information content (AvgIpc) is 3.72. The summed E-state index contributed by atoms with van der Waals surface area (Å²) < 4.78 is 76.4. The Kier molecular flexibility index (Phi) is 7.41. The maximum atomic E-state index is 15.8. The van der Waals surface area contributed by atoms with Gasteiger partial charge in [0.2, 0.25) is 5.95 Å². The Hall–Kier alpha value is -3.60. The molecule has 3 fully saturated rings. The van der Waals surface area contributed by atoms with Gasteiger partial charge in [0.05, 0.1) is 31.6 Å². The van der Waals surface area contributed by atoms with Crippen LogP contribution in [0.25, 0.3) is 16.9 Å². The molecule has 22 nitrogen and oxygen atoms in total. The van der Waals surface area contributed by atoms with Crippen LogP contribution in [0.2, 0.25) is 0 Å². The second kappa shape index (κ2) is 11.0. The lowest BCUT2D eigenvalue weighted by Gasteiger charge is -2.26. The summed E-state index contributed by atoms with van der Waals surface area (Å²) in [6.45, 7) is 1.95. The number of ether oxygens (including phenoxy) is 2. The normalized spacial score (nSPS) is 38.3. The summed E-state index contributed by atoms with van der Waals surface area (Å²) in [5.74, 6) is -0.314. The topological polar surface area (TPSA) is 308 Å². The van der Waals surface area contributed by atoms with Gasteiger partial charge in [0.25, 0.3) is 5.56 Å². The number of rotatable bonds is 2. The van der Waals surface area contributed by atoms with Crippen LogP contribution in [0.5, 0.6) is 0 Å². The minimum absolute atomic E-state index is 0.0482.